The topological polar surface area (TPSA) is 214 Å². The molecule has 4 aliphatic rings. The number of allylic oxidation sites excluding steroid dienone is 6. The van der Waals surface area contributed by atoms with Crippen molar-refractivity contribution in [3.63, 3.8) is 0 Å². The predicted molar refractivity (Wildman–Crippen MR) is 239 cm³/mol. The number of carboxylic acid groups (broad SMARTS) is 2. The second kappa shape index (κ2) is 25.7. The van der Waals surface area contributed by atoms with Crippen molar-refractivity contribution in [2.24, 2.45) is 58.2 Å². The van der Waals surface area contributed by atoms with Gasteiger partial charge in [-0.15, -0.1) is 0 Å². The summed E-state index contributed by atoms with van der Waals surface area (Å²) < 4.78 is 12.2. The number of esters is 2. The van der Waals surface area contributed by atoms with Gasteiger partial charge in [-0.05, 0) is 139 Å². The number of aliphatic carboxylic acids is 2. The van der Waals surface area contributed by atoms with E-state index in [0.29, 0.717) is 50.4 Å². The van der Waals surface area contributed by atoms with Crippen LogP contribution in [0.3, 0.4) is 0 Å². The molecule has 4 rings (SSSR count). The summed E-state index contributed by atoms with van der Waals surface area (Å²) in [5, 5.41) is 61.5. The summed E-state index contributed by atoms with van der Waals surface area (Å²) in [6.07, 6.45) is 13.3. The quantitative estimate of drug-likeness (QED) is 0.0922. The van der Waals surface area contributed by atoms with Crippen LogP contribution in [0.1, 0.15) is 146 Å². The van der Waals surface area contributed by atoms with Crippen molar-refractivity contribution in [2.45, 2.75) is 183 Å². The molecule has 0 amide bonds. The summed E-state index contributed by atoms with van der Waals surface area (Å²) in [5.41, 5.74) is 1.34. The number of hydrogen-bond acceptors (Lipinski definition) is 12. The maximum atomic E-state index is 12.8. The Kier molecular flexibility index (Phi) is 23.3. The first-order valence-corrected chi connectivity index (χ1v) is 23.2. The molecule has 14 atom stereocenters. The number of carbonyl (C=O) groups excluding carboxylic acids is 4. The Morgan fingerprint density at radius 3 is 1.27 bits per heavy atom. The third-order valence-electron chi connectivity index (χ3n) is 14.1. The summed E-state index contributed by atoms with van der Waals surface area (Å²) in [5.74, 6) is -1.28. The molecule has 0 fully saturated rings. The molecule has 0 spiro atoms. The van der Waals surface area contributed by atoms with Crippen molar-refractivity contribution in [1.29, 1.82) is 0 Å². The third kappa shape index (κ3) is 17.3. The van der Waals surface area contributed by atoms with E-state index < -0.39 is 60.0 Å². The van der Waals surface area contributed by atoms with Gasteiger partial charge in [0, 0.05) is 74.4 Å². The molecule has 12 nitrogen and oxygen atoms in total. The zero-order valence-corrected chi connectivity index (χ0v) is 42.0. The van der Waals surface area contributed by atoms with Crippen LogP contribution in [-0.4, -0.2) is 119 Å². The molecule has 0 saturated heterocycles. The van der Waals surface area contributed by atoms with E-state index in [4.69, 9.17) is 9.47 Å². The Morgan fingerprint density at radius 1 is 0.635 bits per heavy atom. The van der Waals surface area contributed by atoms with Crippen LogP contribution in [0.4, 0.5) is 0 Å². The van der Waals surface area contributed by atoms with Gasteiger partial charge in [0.15, 0.2) is 0 Å². The molecule has 0 aromatic carbocycles. The van der Waals surface area contributed by atoms with E-state index >= 15 is 0 Å². The van der Waals surface area contributed by atoms with Gasteiger partial charge in [0.2, 0.25) is 0 Å². The molecule has 2 radical (unpaired) electrons. The van der Waals surface area contributed by atoms with Gasteiger partial charge >= 0.3 is 11.9 Å². The minimum Gasteiger partial charge on any atom is -0.550 e. The van der Waals surface area contributed by atoms with E-state index in [9.17, 15) is 49.8 Å². The Hall–Kier alpha value is -2.06. The average Bonchev–Trinajstić information content (AvgIpc) is 3.16. The molecule has 0 bridgehead atoms. The van der Waals surface area contributed by atoms with Crippen LogP contribution in [0.15, 0.2) is 47.6 Å². The van der Waals surface area contributed by atoms with E-state index in [1.807, 2.05) is 41.5 Å². The second-order valence-corrected chi connectivity index (χ2v) is 20.3. The number of rotatable bonds is 20. The van der Waals surface area contributed by atoms with E-state index in [1.54, 1.807) is 0 Å². The number of hydrogen-bond donors (Lipinski definition) is 4. The van der Waals surface area contributed by atoms with Crippen LogP contribution in [-0.2, 0) is 28.7 Å². The summed E-state index contributed by atoms with van der Waals surface area (Å²) >= 11 is 0. The Morgan fingerprint density at radius 2 is 0.968 bits per heavy atom. The van der Waals surface area contributed by atoms with Crippen LogP contribution >= 0.6 is 0 Å². The summed E-state index contributed by atoms with van der Waals surface area (Å²) in [6, 6.07) is 0. The first kappa shape index (κ1) is 57.1. The monoisotopic (exact) mass is 911 g/mol. The SMILES string of the molecule is CCC(C)(C)C(=O)O[C@H]1C[C@@H](C)C=C2C=C[C@H](C)[C@H](CC[C@@H](O)C[C@@H](O)CC(=O)[O-])[C@H]21.CCC(C)(C)C(=O)O[C@H]1C[C@@H](C)C=C2C=C[C@H](C)[C@H](CC[C@@H](O)C[C@@H](O)CC(=O)[O-])[C@H]21.[Ca]. The fraction of sp³-hybridized carbons (Fsp3) is 0.760. The fourth-order valence-corrected chi connectivity index (χ4v) is 9.51. The van der Waals surface area contributed by atoms with Crippen LogP contribution in [0, 0.1) is 58.2 Å². The van der Waals surface area contributed by atoms with Crippen LogP contribution in [0.25, 0.3) is 0 Å². The number of aliphatic hydroxyl groups excluding tert-OH is 4. The third-order valence-corrected chi connectivity index (χ3v) is 14.1. The van der Waals surface area contributed by atoms with Crippen molar-refractivity contribution in [3.8, 4) is 0 Å². The number of carbonyl (C=O) groups is 4. The molecule has 354 valence electrons. The maximum absolute atomic E-state index is 12.8. The molecular formula is C50H78CaO12-2. The van der Waals surface area contributed by atoms with Gasteiger partial charge in [0.25, 0.3) is 0 Å². The first-order valence-electron chi connectivity index (χ1n) is 23.2. The predicted octanol–water partition coefficient (Wildman–Crippen LogP) is 5.16. The van der Waals surface area contributed by atoms with Crippen molar-refractivity contribution >= 4 is 61.6 Å². The maximum Gasteiger partial charge on any atom is 0.311 e. The largest absolute Gasteiger partial charge is 0.550 e. The molecule has 0 saturated carbocycles. The molecule has 0 aromatic rings. The van der Waals surface area contributed by atoms with Crippen molar-refractivity contribution in [3.05, 3.63) is 47.6 Å². The normalized spacial score (nSPS) is 29.7. The van der Waals surface area contributed by atoms with E-state index in [1.165, 1.54) is 11.1 Å². The van der Waals surface area contributed by atoms with Gasteiger partial charge in [0.1, 0.15) is 12.2 Å². The number of carboxylic acids is 2. The van der Waals surface area contributed by atoms with Crippen LogP contribution in [0.2, 0.25) is 0 Å². The molecule has 0 aliphatic heterocycles. The molecule has 0 aromatic heterocycles. The summed E-state index contributed by atoms with van der Waals surface area (Å²) in [4.78, 5) is 46.9. The molecular weight excluding hydrogens is 833 g/mol. The molecule has 0 heterocycles. The standard InChI is InChI=1S/2C25H40O6.Ca/c2*1-6-25(4,5)24(30)31-21-12-15(2)11-17-8-7-16(3)20(23(17)21)10-9-18(26)13-19(27)14-22(28)29;/h2*7-8,11,15-16,18-21,23,26-27H,6,9-10,12-14H2,1-5H3,(H,28,29);/p-2/t2*15-,16-,18+,19+,20-,21-,23-;/m00./s1. The molecule has 4 aliphatic carbocycles. The van der Waals surface area contributed by atoms with Crippen molar-refractivity contribution in [2.75, 3.05) is 0 Å². The minimum absolute atomic E-state index is 0. The number of fused-ring (bicyclic) bond motifs is 2. The minimum atomic E-state index is -1.32. The van der Waals surface area contributed by atoms with Gasteiger partial charge in [-0.2, -0.15) is 0 Å². The van der Waals surface area contributed by atoms with Gasteiger partial charge in [-0.25, -0.2) is 0 Å². The molecule has 13 heteroatoms. The van der Waals surface area contributed by atoms with Gasteiger partial charge in [0.05, 0.1) is 35.2 Å². The van der Waals surface area contributed by atoms with Gasteiger partial charge < -0.3 is 49.7 Å². The van der Waals surface area contributed by atoms with Gasteiger partial charge in [-0.1, -0.05) is 78.0 Å². The zero-order valence-electron chi connectivity index (χ0n) is 39.8. The molecule has 4 N–H and O–H groups in total. The summed E-state index contributed by atoms with van der Waals surface area (Å²) in [6.45, 7) is 20.2. The Bertz CT molecular complexity index is 1510. The zero-order chi connectivity index (χ0) is 46.7. The summed E-state index contributed by atoms with van der Waals surface area (Å²) in [7, 11) is 0. The van der Waals surface area contributed by atoms with Crippen LogP contribution in [0.5, 0.6) is 0 Å². The van der Waals surface area contributed by atoms with E-state index in [0.717, 1.165) is 12.8 Å². The first-order chi connectivity index (χ1) is 28.9. The van der Waals surface area contributed by atoms with Crippen LogP contribution < -0.4 is 10.2 Å². The number of ether oxygens (including phenoxy) is 2. The Balaban J connectivity index is 0.000000427. The second-order valence-electron chi connectivity index (χ2n) is 20.3. The van der Waals surface area contributed by atoms with Crippen molar-refractivity contribution in [1.82, 2.24) is 0 Å². The smallest absolute Gasteiger partial charge is 0.311 e. The van der Waals surface area contributed by atoms with Gasteiger partial charge in [-0.3, -0.25) is 9.59 Å². The van der Waals surface area contributed by atoms with E-state index in [2.05, 4.69) is 64.2 Å². The number of aliphatic hydroxyl groups is 4. The van der Waals surface area contributed by atoms with Crippen molar-refractivity contribution < 1.29 is 59.3 Å². The Labute approximate surface area is 407 Å². The molecule has 63 heavy (non-hydrogen) atoms. The molecule has 0 unspecified atom stereocenters. The average molecular weight is 911 g/mol. The van der Waals surface area contributed by atoms with E-state index in [-0.39, 0.29) is 110 Å². The fourth-order valence-electron chi connectivity index (χ4n) is 9.51.